The summed E-state index contributed by atoms with van der Waals surface area (Å²) >= 11 is 0. The molecule has 0 aliphatic heterocycles. The van der Waals surface area contributed by atoms with Crippen molar-refractivity contribution in [1.29, 1.82) is 0 Å². The van der Waals surface area contributed by atoms with Crippen LogP contribution in [0.25, 0.3) is 11.1 Å². The van der Waals surface area contributed by atoms with E-state index in [1.54, 1.807) is 0 Å². The van der Waals surface area contributed by atoms with Gasteiger partial charge in [-0.2, -0.15) is 0 Å². The molecule has 8 heteroatoms. The average Bonchev–Trinajstić information content (AvgIpc) is 3.14. The fraction of sp³-hybridized carbons (Fsp3) is 0.400. The van der Waals surface area contributed by atoms with Crippen LogP contribution in [0.4, 0.5) is 4.79 Å². The minimum Gasteiger partial charge on any atom is -0.479 e. The van der Waals surface area contributed by atoms with Crippen LogP contribution in [0.5, 0.6) is 0 Å². The molecule has 2 aromatic carbocycles. The van der Waals surface area contributed by atoms with Crippen molar-refractivity contribution in [2.75, 3.05) is 20.3 Å². The number of carboxylic acid groups (broad SMARTS) is 1. The maximum Gasteiger partial charge on any atom is 0.407 e. The standard InChI is InChI=1S/C25H30N2O6/c1-4-15(2)22(23(28)26-13-21(32-3)24(29)30)27-25(31)33-14-20-18-11-7-5-9-16(18)17-10-6-8-12-19(17)20/h5-12,15,20-22H,4,13-14H2,1-3H3,(H,26,28)(H,27,31)(H,29,30)/t15-,21?,22-/m0/s1. The number of amides is 2. The van der Waals surface area contributed by atoms with Crippen LogP contribution < -0.4 is 10.6 Å². The fourth-order valence-electron chi connectivity index (χ4n) is 4.04. The highest BCUT2D eigenvalue weighted by Crippen LogP contribution is 2.44. The summed E-state index contributed by atoms with van der Waals surface area (Å²) in [5, 5.41) is 14.3. The lowest BCUT2D eigenvalue weighted by Gasteiger charge is -2.24. The van der Waals surface area contributed by atoms with Crippen molar-refractivity contribution in [2.24, 2.45) is 5.92 Å². The largest absolute Gasteiger partial charge is 0.479 e. The average molecular weight is 455 g/mol. The SMILES string of the molecule is CC[C@H](C)[C@H](NC(=O)OCC1c2ccccc2-c2ccccc21)C(=O)NCC(OC)C(=O)O. The van der Waals surface area contributed by atoms with E-state index < -0.39 is 30.1 Å². The van der Waals surface area contributed by atoms with Crippen LogP contribution in [-0.4, -0.2) is 55.5 Å². The molecule has 0 radical (unpaired) electrons. The summed E-state index contributed by atoms with van der Waals surface area (Å²) in [5.41, 5.74) is 4.46. The van der Waals surface area contributed by atoms with E-state index in [1.807, 2.05) is 50.2 Å². The van der Waals surface area contributed by atoms with Gasteiger partial charge in [-0.05, 0) is 28.2 Å². The Morgan fingerprint density at radius 1 is 1.03 bits per heavy atom. The van der Waals surface area contributed by atoms with Crippen LogP contribution in [-0.2, 0) is 19.1 Å². The van der Waals surface area contributed by atoms with Crippen LogP contribution in [0.3, 0.4) is 0 Å². The zero-order valence-electron chi connectivity index (χ0n) is 19.0. The Morgan fingerprint density at radius 2 is 1.61 bits per heavy atom. The fourth-order valence-corrected chi connectivity index (χ4v) is 4.04. The number of aliphatic carboxylic acids is 1. The van der Waals surface area contributed by atoms with Gasteiger partial charge < -0.3 is 25.2 Å². The van der Waals surface area contributed by atoms with Crippen LogP contribution in [0.2, 0.25) is 0 Å². The quantitative estimate of drug-likeness (QED) is 0.508. The third-order valence-electron chi connectivity index (χ3n) is 6.13. The number of rotatable bonds is 10. The van der Waals surface area contributed by atoms with E-state index >= 15 is 0 Å². The highest BCUT2D eigenvalue weighted by atomic mass is 16.5. The third kappa shape index (κ3) is 5.51. The number of methoxy groups -OCH3 is 1. The van der Waals surface area contributed by atoms with Gasteiger partial charge in [0.25, 0.3) is 0 Å². The van der Waals surface area contributed by atoms with Crippen molar-refractivity contribution in [1.82, 2.24) is 10.6 Å². The topological polar surface area (TPSA) is 114 Å². The Labute approximate surface area is 193 Å². The van der Waals surface area contributed by atoms with Gasteiger partial charge in [0.05, 0.1) is 6.54 Å². The second-order valence-corrected chi connectivity index (χ2v) is 8.14. The number of ether oxygens (including phenoxy) is 2. The zero-order chi connectivity index (χ0) is 24.0. The maximum atomic E-state index is 12.7. The molecule has 33 heavy (non-hydrogen) atoms. The van der Waals surface area contributed by atoms with E-state index in [0.29, 0.717) is 6.42 Å². The van der Waals surface area contributed by atoms with E-state index in [-0.39, 0.29) is 25.0 Å². The molecular formula is C25H30N2O6. The predicted molar refractivity (Wildman–Crippen MR) is 123 cm³/mol. The number of nitrogens with one attached hydrogen (secondary N) is 2. The lowest BCUT2D eigenvalue weighted by Crippen LogP contribution is -2.52. The molecule has 2 aromatic rings. The first-order valence-corrected chi connectivity index (χ1v) is 11.0. The van der Waals surface area contributed by atoms with E-state index in [9.17, 15) is 14.4 Å². The van der Waals surface area contributed by atoms with Crippen molar-refractivity contribution >= 4 is 18.0 Å². The Morgan fingerprint density at radius 3 is 2.12 bits per heavy atom. The van der Waals surface area contributed by atoms with Crippen LogP contribution in [0, 0.1) is 5.92 Å². The summed E-state index contributed by atoms with van der Waals surface area (Å²) < 4.78 is 10.4. The van der Waals surface area contributed by atoms with Gasteiger partial charge in [0.1, 0.15) is 12.6 Å². The number of fused-ring (bicyclic) bond motifs is 3. The molecule has 0 bridgehead atoms. The van der Waals surface area contributed by atoms with Gasteiger partial charge in [0.15, 0.2) is 6.10 Å². The molecule has 0 heterocycles. The van der Waals surface area contributed by atoms with Crippen molar-refractivity contribution in [3.05, 3.63) is 59.7 Å². The third-order valence-corrected chi connectivity index (χ3v) is 6.13. The van der Waals surface area contributed by atoms with Crippen LogP contribution in [0.15, 0.2) is 48.5 Å². The van der Waals surface area contributed by atoms with Crippen molar-refractivity contribution < 1.29 is 29.0 Å². The summed E-state index contributed by atoms with van der Waals surface area (Å²) in [6.07, 6.45) is -1.23. The predicted octanol–water partition coefficient (Wildman–Crippen LogP) is 3.16. The smallest absolute Gasteiger partial charge is 0.407 e. The first-order valence-electron chi connectivity index (χ1n) is 11.0. The first kappa shape index (κ1) is 24.3. The van der Waals surface area contributed by atoms with Gasteiger partial charge >= 0.3 is 12.1 Å². The Hall–Kier alpha value is -3.39. The van der Waals surface area contributed by atoms with Crippen molar-refractivity contribution in [3.63, 3.8) is 0 Å². The molecule has 0 aromatic heterocycles. The number of carbonyl (C=O) groups excluding carboxylic acids is 2. The van der Waals surface area contributed by atoms with Gasteiger partial charge in [0, 0.05) is 13.0 Å². The van der Waals surface area contributed by atoms with Gasteiger partial charge in [0.2, 0.25) is 5.91 Å². The summed E-state index contributed by atoms with van der Waals surface area (Å²) in [7, 11) is 1.26. The second-order valence-electron chi connectivity index (χ2n) is 8.14. The van der Waals surface area contributed by atoms with Gasteiger partial charge in [-0.3, -0.25) is 4.79 Å². The number of hydrogen-bond donors (Lipinski definition) is 3. The van der Waals surface area contributed by atoms with Crippen LogP contribution >= 0.6 is 0 Å². The molecule has 0 fully saturated rings. The summed E-state index contributed by atoms with van der Waals surface area (Å²) in [6, 6.07) is 15.2. The van der Waals surface area contributed by atoms with E-state index in [4.69, 9.17) is 14.6 Å². The minimum atomic E-state index is -1.18. The molecule has 3 atom stereocenters. The lowest BCUT2D eigenvalue weighted by atomic mass is 9.98. The van der Waals surface area contributed by atoms with E-state index in [0.717, 1.165) is 22.3 Å². The number of hydrogen-bond acceptors (Lipinski definition) is 5. The van der Waals surface area contributed by atoms with Crippen molar-refractivity contribution in [2.45, 2.75) is 38.3 Å². The summed E-state index contributed by atoms with van der Waals surface area (Å²) in [6.45, 7) is 3.67. The molecule has 8 nitrogen and oxygen atoms in total. The minimum absolute atomic E-state index is 0.0861. The van der Waals surface area contributed by atoms with E-state index in [1.165, 1.54) is 7.11 Å². The lowest BCUT2D eigenvalue weighted by molar-refractivity contribution is -0.148. The molecule has 2 amide bonds. The first-order chi connectivity index (χ1) is 15.9. The van der Waals surface area contributed by atoms with Crippen molar-refractivity contribution in [3.8, 4) is 11.1 Å². The van der Waals surface area contributed by atoms with E-state index in [2.05, 4.69) is 22.8 Å². The normalized spacial score (nSPS) is 15.0. The molecular weight excluding hydrogens is 424 g/mol. The Kier molecular flexibility index (Phi) is 8.06. The number of carbonyl (C=O) groups is 3. The highest BCUT2D eigenvalue weighted by Gasteiger charge is 2.31. The molecule has 3 N–H and O–H groups in total. The monoisotopic (exact) mass is 454 g/mol. The molecule has 176 valence electrons. The number of carboxylic acids is 1. The van der Waals surface area contributed by atoms with Crippen LogP contribution in [0.1, 0.15) is 37.3 Å². The zero-order valence-corrected chi connectivity index (χ0v) is 19.0. The Balaban J connectivity index is 1.64. The number of alkyl carbamates (subject to hydrolysis) is 1. The maximum absolute atomic E-state index is 12.7. The molecule has 0 spiro atoms. The number of benzene rings is 2. The summed E-state index contributed by atoms with van der Waals surface area (Å²) in [5.74, 6) is -1.93. The van der Waals surface area contributed by atoms with Gasteiger partial charge in [-0.25, -0.2) is 9.59 Å². The molecule has 1 aliphatic rings. The highest BCUT2D eigenvalue weighted by molar-refractivity contribution is 5.86. The Bertz CT molecular complexity index is 962. The second kappa shape index (κ2) is 11.0. The molecule has 1 unspecified atom stereocenters. The molecule has 0 saturated carbocycles. The summed E-state index contributed by atoms with van der Waals surface area (Å²) in [4.78, 5) is 36.4. The molecule has 0 saturated heterocycles. The molecule has 1 aliphatic carbocycles. The van der Waals surface area contributed by atoms with Gasteiger partial charge in [-0.15, -0.1) is 0 Å². The molecule has 3 rings (SSSR count). The van der Waals surface area contributed by atoms with Gasteiger partial charge in [-0.1, -0.05) is 68.8 Å².